The number of rotatable bonds is 6. The van der Waals surface area contributed by atoms with Gasteiger partial charge in [-0.15, -0.1) is 0 Å². The van der Waals surface area contributed by atoms with E-state index < -0.39 is 5.97 Å². The molecule has 2 aromatic carbocycles. The first-order valence-corrected chi connectivity index (χ1v) is 8.22. The Balaban J connectivity index is 1.91. The number of ether oxygens (including phenoxy) is 2. The summed E-state index contributed by atoms with van der Waals surface area (Å²) in [5.74, 6) is -0.408. The quantitative estimate of drug-likeness (QED) is 0.587. The van der Waals surface area contributed by atoms with Crippen molar-refractivity contribution < 1.29 is 19.1 Å². The SMILES string of the molecule is Cc1cc(C(=O)COC(=O)COc2ccc(C#N)cc2)c(C)c(C)c1C. The number of hydrogen-bond acceptors (Lipinski definition) is 5. The topological polar surface area (TPSA) is 76.4 Å². The maximum Gasteiger partial charge on any atom is 0.344 e. The fourth-order valence-electron chi connectivity index (χ4n) is 2.54. The highest BCUT2D eigenvalue weighted by atomic mass is 16.6. The number of esters is 1. The number of carbonyl (C=O) groups is 2. The molecule has 26 heavy (non-hydrogen) atoms. The van der Waals surface area contributed by atoms with Gasteiger partial charge < -0.3 is 9.47 Å². The van der Waals surface area contributed by atoms with Gasteiger partial charge in [-0.3, -0.25) is 4.79 Å². The maximum atomic E-state index is 12.4. The van der Waals surface area contributed by atoms with Crippen molar-refractivity contribution in [3.05, 3.63) is 63.7 Å². The van der Waals surface area contributed by atoms with Gasteiger partial charge in [0.05, 0.1) is 11.6 Å². The van der Waals surface area contributed by atoms with Crippen LogP contribution in [0.25, 0.3) is 0 Å². The van der Waals surface area contributed by atoms with Crippen molar-refractivity contribution in [2.24, 2.45) is 0 Å². The van der Waals surface area contributed by atoms with Gasteiger partial charge in [0.15, 0.2) is 13.2 Å². The molecule has 0 fully saturated rings. The Kier molecular flexibility index (Phi) is 6.13. The molecule has 5 heteroatoms. The second-order valence-corrected chi connectivity index (χ2v) is 6.12. The van der Waals surface area contributed by atoms with Crippen LogP contribution in [0.3, 0.4) is 0 Å². The van der Waals surface area contributed by atoms with Crippen LogP contribution in [0.15, 0.2) is 30.3 Å². The summed E-state index contributed by atoms with van der Waals surface area (Å²) in [7, 11) is 0. The van der Waals surface area contributed by atoms with Crippen LogP contribution in [0.4, 0.5) is 0 Å². The minimum absolute atomic E-state index is 0.236. The molecular formula is C21H21NO4. The van der Waals surface area contributed by atoms with Gasteiger partial charge >= 0.3 is 5.97 Å². The number of benzene rings is 2. The number of ketones is 1. The van der Waals surface area contributed by atoms with E-state index in [1.165, 1.54) is 0 Å². The Labute approximate surface area is 153 Å². The third-order valence-electron chi connectivity index (χ3n) is 4.49. The molecule has 0 unspecified atom stereocenters. The number of nitriles is 1. The molecule has 0 bridgehead atoms. The van der Waals surface area contributed by atoms with Gasteiger partial charge in [0.25, 0.3) is 0 Å². The molecule has 134 valence electrons. The normalized spacial score (nSPS) is 10.1. The zero-order valence-electron chi connectivity index (χ0n) is 15.4. The van der Waals surface area contributed by atoms with Crippen LogP contribution < -0.4 is 4.74 Å². The summed E-state index contributed by atoms with van der Waals surface area (Å²) in [4.78, 5) is 24.2. The highest BCUT2D eigenvalue weighted by Gasteiger charge is 2.16. The lowest BCUT2D eigenvalue weighted by Gasteiger charge is -2.13. The lowest BCUT2D eigenvalue weighted by molar-refractivity contribution is -0.144. The first-order valence-electron chi connectivity index (χ1n) is 8.22. The van der Waals surface area contributed by atoms with E-state index in [-0.39, 0.29) is 19.0 Å². The molecule has 2 rings (SSSR count). The van der Waals surface area contributed by atoms with E-state index in [1.807, 2.05) is 39.8 Å². The fraction of sp³-hybridized carbons (Fsp3) is 0.286. The summed E-state index contributed by atoms with van der Waals surface area (Å²) in [6.45, 7) is 7.22. The predicted octanol–water partition coefficient (Wildman–Crippen LogP) is 3.60. The average Bonchev–Trinajstić information content (AvgIpc) is 2.65. The molecule has 0 aliphatic heterocycles. The van der Waals surface area contributed by atoms with E-state index in [0.717, 1.165) is 22.3 Å². The van der Waals surface area contributed by atoms with E-state index >= 15 is 0 Å². The fourth-order valence-corrected chi connectivity index (χ4v) is 2.54. The first-order chi connectivity index (χ1) is 12.3. The molecule has 0 saturated carbocycles. The molecule has 0 N–H and O–H groups in total. The molecule has 0 spiro atoms. The number of Topliss-reactive ketones (excluding diaryl/α,β-unsaturated/α-hetero) is 1. The molecule has 0 aliphatic carbocycles. The second-order valence-electron chi connectivity index (χ2n) is 6.12. The Morgan fingerprint density at radius 3 is 2.23 bits per heavy atom. The zero-order chi connectivity index (χ0) is 19.3. The number of carbonyl (C=O) groups excluding carboxylic acids is 2. The van der Waals surface area contributed by atoms with Crippen LogP contribution in [-0.2, 0) is 9.53 Å². The van der Waals surface area contributed by atoms with E-state index in [9.17, 15) is 9.59 Å². The monoisotopic (exact) mass is 351 g/mol. The number of aryl methyl sites for hydroxylation is 1. The Morgan fingerprint density at radius 1 is 0.962 bits per heavy atom. The van der Waals surface area contributed by atoms with Crippen LogP contribution in [0.5, 0.6) is 5.75 Å². The smallest absolute Gasteiger partial charge is 0.344 e. The molecule has 5 nitrogen and oxygen atoms in total. The summed E-state index contributed by atoms with van der Waals surface area (Å²) < 4.78 is 10.3. The van der Waals surface area contributed by atoms with E-state index in [4.69, 9.17) is 14.7 Å². The lowest BCUT2D eigenvalue weighted by atomic mass is 9.93. The minimum Gasteiger partial charge on any atom is -0.482 e. The Bertz CT molecular complexity index is 876. The molecule has 0 aromatic heterocycles. The van der Waals surface area contributed by atoms with Crippen molar-refractivity contribution in [2.75, 3.05) is 13.2 Å². The summed E-state index contributed by atoms with van der Waals surface area (Å²) in [6, 6.07) is 10.2. The average molecular weight is 351 g/mol. The van der Waals surface area contributed by atoms with E-state index in [0.29, 0.717) is 16.9 Å². The van der Waals surface area contributed by atoms with Crippen LogP contribution in [0.1, 0.15) is 38.2 Å². The van der Waals surface area contributed by atoms with Gasteiger partial charge in [0, 0.05) is 5.56 Å². The van der Waals surface area contributed by atoms with E-state index in [2.05, 4.69) is 0 Å². The van der Waals surface area contributed by atoms with Crippen molar-refractivity contribution in [1.29, 1.82) is 5.26 Å². The summed E-state index contributed by atoms with van der Waals surface area (Å²) in [5.41, 5.74) is 5.25. The van der Waals surface area contributed by atoms with Gasteiger partial charge in [-0.05, 0) is 80.3 Å². The highest BCUT2D eigenvalue weighted by Crippen LogP contribution is 2.21. The molecule has 0 saturated heterocycles. The standard InChI is InChI=1S/C21H21NO4/c1-13-9-19(16(4)15(3)14(13)2)20(23)11-26-21(24)12-25-18-7-5-17(10-22)6-8-18/h5-9H,11-12H2,1-4H3. The van der Waals surface area contributed by atoms with Gasteiger partial charge in [-0.25, -0.2) is 4.79 Å². The van der Waals surface area contributed by atoms with Crippen molar-refractivity contribution in [1.82, 2.24) is 0 Å². The summed E-state index contributed by atoms with van der Waals surface area (Å²) in [5, 5.41) is 8.73. The predicted molar refractivity (Wildman–Crippen MR) is 97.3 cm³/mol. The van der Waals surface area contributed by atoms with Crippen LogP contribution >= 0.6 is 0 Å². The van der Waals surface area contributed by atoms with Gasteiger partial charge in [-0.1, -0.05) is 0 Å². The maximum absolute atomic E-state index is 12.4. The number of nitrogens with zero attached hydrogens (tertiary/aromatic N) is 1. The molecule has 2 aromatic rings. The van der Waals surface area contributed by atoms with E-state index in [1.54, 1.807) is 24.3 Å². The largest absolute Gasteiger partial charge is 0.482 e. The third kappa shape index (κ3) is 4.48. The van der Waals surface area contributed by atoms with Crippen molar-refractivity contribution in [3.63, 3.8) is 0 Å². The minimum atomic E-state index is -0.624. The summed E-state index contributed by atoms with van der Waals surface area (Å²) in [6.07, 6.45) is 0. The highest BCUT2D eigenvalue weighted by molar-refractivity contribution is 5.99. The molecular weight excluding hydrogens is 330 g/mol. The second kappa shape index (κ2) is 8.30. The van der Waals surface area contributed by atoms with Gasteiger partial charge in [-0.2, -0.15) is 5.26 Å². The van der Waals surface area contributed by atoms with Crippen molar-refractivity contribution in [3.8, 4) is 11.8 Å². The molecule has 0 aliphatic rings. The Hall–Kier alpha value is -3.13. The van der Waals surface area contributed by atoms with Gasteiger partial charge in [0.1, 0.15) is 5.75 Å². The molecule has 0 radical (unpaired) electrons. The lowest BCUT2D eigenvalue weighted by Crippen LogP contribution is -2.20. The summed E-state index contributed by atoms with van der Waals surface area (Å²) >= 11 is 0. The third-order valence-corrected chi connectivity index (χ3v) is 4.49. The van der Waals surface area contributed by atoms with Crippen LogP contribution in [0, 0.1) is 39.0 Å². The zero-order valence-corrected chi connectivity index (χ0v) is 15.4. The van der Waals surface area contributed by atoms with Crippen molar-refractivity contribution >= 4 is 11.8 Å². The molecule has 0 heterocycles. The molecule has 0 atom stereocenters. The molecule has 0 amide bonds. The van der Waals surface area contributed by atoms with Crippen LogP contribution in [-0.4, -0.2) is 25.0 Å². The number of hydrogen-bond donors (Lipinski definition) is 0. The van der Waals surface area contributed by atoms with Crippen molar-refractivity contribution in [2.45, 2.75) is 27.7 Å². The van der Waals surface area contributed by atoms with Crippen LogP contribution in [0.2, 0.25) is 0 Å². The Morgan fingerprint density at radius 2 is 1.62 bits per heavy atom. The van der Waals surface area contributed by atoms with Gasteiger partial charge in [0.2, 0.25) is 5.78 Å². The first kappa shape index (κ1) is 19.2.